The predicted octanol–water partition coefficient (Wildman–Crippen LogP) is 3.28. The Hall–Kier alpha value is -3.41. The number of allylic oxidation sites excluding steroid dienone is 2. The van der Waals surface area contributed by atoms with Gasteiger partial charge in [0.05, 0.1) is 23.4 Å². The number of nitrogens with zero attached hydrogens (tertiary/aromatic N) is 4. The average Bonchev–Trinajstić information content (AvgIpc) is 2.83. The number of aliphatic hydroxyl groups excluding tert-OH is 2. The fourth-order valence-corrected chi connectivity index (χ4v) is 5.39. The molecule has 2 saturated heterocycles. The van der Waals surface area contributed by atoms with Crippen LogP contribution in [0.1, 0.15) is 25.1 Å². The summed E-state index contributed by atoms with van der Waals surface area (Å²) in [7, 11) is 3.13. The number of likely N-dealkylation sites (N-methyl/N-ethyl adjacent to an activating group) is 1. The Morgan fingerprint density at radius 3 is 2.54 bits per heavy atom. The average molecular weight is 559 g/mol. The van der Waals surface area contributed by atoms with Gasteiger partial charge in [-0.1, -0.05) is 11.6 Å². The molecule has 1 atom stereocenters. The van der Waals surface area contributed by atoms with E-state index in [1.54, 1.807) is 37.1 Å². The van der Waals surface area contributed by atoms with Gasteiger partial charge in [0.25, 0.3) is 0 Å². The third kappa shape index (κ3) is 5.80. The van der Waals surface area contributed by atoms with Crippen molar-refractivity contribution < 1.29 is 24.5 Å². The number of methoxy groups -OCH3 is 1. The summed E-state index contributed by atoms with van der Waals surface area (Å²) >= 11 is 6.59. The monoisotopic (exact) mass is 558 g/mol. The van der Waals surface area contributed by atoms with Crippen molar-refractivity contribution >= 4 is 34.8 Å². The van der Waals surface area contributed by atoms with E-state index in [2.05, 4.69) is 10.2 Å². The number of amides is 1. The van der Waals surface area contributed by atoms with E-state index in [-0.39, 0.29) is 29.6 Å². The summed E-state index contributed by atoms with van der Waals surface area (Å²) in [5.74, 6) is 1.47. The van der Waals surface area contributed by atoms with E-state index in [4.69, 9.17) is 36.5 Å². The number of hydrogen-bond donors (Lipinski definition) is 4. The molecule has 4 rings (SSSR count). The Bertz CT molecular complexity index is 1300. The summed E-state index contributed by atoms with van der Waals surface area (Å²) in [6.45, 7) is 8.10. The van der Waals surface area contributed by atoms with Crippen molar-refractivity contribution in [3.05, 3.63) is 40.2 Å². The molecular formula is C27H35ClN6O5. The van der Waals surface area contributed by atoms with Crippen molar-refractivity contribution in [3.8, 4) is 17.1 Å². The first kappa shape index (κ1) is 28.6. The molecule has 2 aliphatic heterocycles. The van der Waals surface area contributed by atoms with E-state index in [9.17, 15) is 15.0 Å². The van der Waals surface area contributed by atoms with Crippen LogP contribution in [0.5, 0.6) is 5.75 Å². The number of nitrogens with one attached hydrogen (secondary N) is 2. The minimum absolute atomic E-state index is 0.0179. The van der Waals surface area contributed by atoms with Gasteiger partial charge in [-0.3, -0.25) is 0 Å². The minimum Gasteiger partial charge on any atom is -0.512 e. The van der Waals surface area contributed by atoms with Crippen LogP contribution in [0.15, 0.2) is 24.0 Å². The highest BCUT2D eigenvalue weighted by Gasteiger charge is 2.54. The second kappa shape index (κ2) is 11.4. The quantitative estimate of drug-likeness (QED) is 0.269. The number of ether oxygens (including phenoxy) is 2. The summed E-state index contributed by atoms with van der Waals surface area (Å²) < 4.78 is 10.6. The number of carbonyl (C=O) groups excluding carboxylic acids is 1. The molecular weight excluding hydrogens is 524 g/mol. The first-order valence-corrected chi connectivity index (χ1v) is 13.0. The molecule has 0 radical (unpaired) electrons. The largest absolute Gasteiger partial charge is 0.512 e. The van der Waals surface area contributed by atoms with E-state index in [1.807, 2.05) is 6.92 Å². The summed E-state index contributed by atoms with van der Waals surface area (Å²) in [4.78, 5) is 25.3. The number of aliphatic hydroxyl groups is 2. The van der Waals surface area contributed by atoms with E-state index in [0.29, 0.717) is 72.0 Å². The van der Waals surface area contributed by atoms with Gasteiger partial charge in [-0.25, -0.2) is 14.8 Å². The maximum Gasteiger partial charge on any atom is 0.409 e. The Balaban J connectivity index is 1.70. The molecule has 0 unspecified atom stereocenters. The highest BCUT2D eigenvalue weighted by atomic mass is 35.5. The molecule has 2 aromatic rings. The molecule has 3 heterocycles. The second-order valence-corrected chi connectivity index (χ2v) is 10.7. The molecule has 12 heteroatoms. The van der Waals surface area contributed by atoms with Crippen LogP contribution in [0.25, 0.3) is 17.0 Å². The van der Waals surface area contributed by atoms with Crippen LogP contribution in [-0.2, 0) is 4.74 Å². The van der Waals surface area contributed by atoms with Crippen LogP contribution in [0.2, 0.25) is 5.02 Å². The van der Waals surface area contributed by atoms with Crippen molar-refractivity contribution in [2.24, 2.45) is 5.41 Å². The maximum atomic E-state index is 11.8. The number of hydrogen-bond acceptors (Lipinski definition) is 10. The fourth-order valence-electron chi connectivity index (χ4n) is 5.18. The molecule has 210 valence electrons. The third-order valence-electron chi connectivity index (χ3n) is 6.99. The van der Waals surface area contributed by atoms with Gasteiger partial charge in [-0.15, -0.1) is 0 Å². The maximum absolute atomic E-state index is 11.8. The predicted molar refractivity (Wildman–Crippen MR) is 150 cm³/mol. The van der Waals surface area contributed by atoms with Gasteiger partial charge < -0.3 is 40.2 Å². The molecule has 2 aliphatic rings. The molecule has 1 aromatic carbocycles. The molecule has 0 aliphatic carbocycles. The number of anilines is 1. The molecule has 0 bridgehead atoms. The van der Waals surface area contributed by atoms with Crippen molar-refractivity contribution in [1.82, 2.24) is 20.2 Å². The second-order valence-electron chi connectivity index (χ2n) is 10.3. The summed E-state index contributed by atoms with van der Waals surface area (Å²) in [5, 5.41) is 32.1. The number of aromatic nitrogens is 2. The Labute approximate surface area is 232 Å². The number of halogens is 1. The van der Waals surface area contributed by atoms with Gasteiger partial charge in [0.2, 0.25) is 0 Å². The molecule has 1 amide bonds. The van der Waals surface area contributed by atoms with E-state index in [1.165, 1.54) is 14.0 Å². The van der Waals surface area contributed by atoms with E-state index < -0.39 is 6.10 Å². The first-order valence-electron chi connectivity index (χ1n) is 12.7. The molecule has 39 heavy (non-hydrogen) atoms. The van der Waals surface area contributed by atoms with Gasteiger partial charge in [0.1, 0.15) is 30.0 Å². The van der Waals surface area contributed by atoms with Gasteiger partial charge in [-0.05, 0) is 46.0 Å². The van der Waals surface area contributed by atoms with Crippen molar-refractivity contribution in [3.63, 3.8) is 0 Å². The van der Waals surface area contributed by atoms with Crippen molar-refractivity contribution in [2.75, 3.05) is 58.4 Å². The Morgan fingerprint density at radius 2 is 1.95 bits per heavy atom. The van der Waals surface area contributed by atoms with Crippen LogP contribution >= 0.6 is 11.6 Å². The molecule has 4 N–H and O–H groups in total. The Morgan fingerprint density at radius 1 is 1.26 bits per heavy atom. The van der Waals surface area contributed by atoms with Crippen LogP contribution in [-0.4, -0.2) is 96.5 Å². The van der Waals surface area contributed by atoms with Crippen molar-refractivity contribution in [2.45, 2.75) is 26.9 Å². The highest BCUT2D eigenvalue weighted by molar-refractivity contribution is 6.33. The zero-order valence-corrected chi connectivity index (χ0v) is 23.6. The van der Waals surface area contributed by atoms with Gasteiger partial charge in [-0.2, -0.15) is 0 Å². The highest BCUT2D eigenvalue weighted by Crippen LogP contribution is 2.44. The SMILES string of the molecule is CNC[C@@H](O)COc1ccc(Cl)c(-c2nc(/C(C(C)=N)=C(\C)O)c(C)c(N3CC4(CN(C(=O)OC)C4)C3)n2)c1. The first-order chi connectivity index (χ1) is 18.5. The standard InChI is InChI=1S/C27H35ClN6O5/c1-15-23(22(16(2)29)17(3)35)31-24(20-8-19(6-7-21(20)28)39-10-18(36)9-30-4)32-25(15)33-11-27(12-33)13-34(14-27)26(37)38-5/h6-8,18,29-30,35-36H,9-14H2,1-5H3/b22-17+,29-16?/t18-/m1/s1. The lowest BCUT2D eigenvalue weighted by Crippen LogP contribution is -2.73. The number of carbonyl (C=O) groups is 1. The zero-order chi connectivity index (χ0) is 28.5. The zero-order valence-electron chi connectivity index (χ0n) is 22.8. The smallest absolute Gasteiger partial charge is 0.409 e. The van der Waals surface area contributed by atoms with Crippen LogP contribution in [0.4, 0.5) is 10.6 Å². The minimum atomic E-state index is -0.681. The third-order valence-corrected chi connectivity index (χ3v) is 7.32. The van der Waals surface area contributed by atoms with Crippen molar-refractivity contribution in [1.29, 1.82) is 5.41 Å². The number of rotatable bonds is 9. The molecule has 1 spiro atoms. The normalized spacial score (nSPS) is 17.2. The van der Waals surface area contributed by atoms with Gasteiger partial charge in [0.15, 0.2) is 5.82 Å². The lowest BCUT2D eigenvalue weighted by molar-refractivity contribution is -0.0153. The van der Waals surface area contributed by atoms with Gasteiger partial charge in [0, 0.05) is 55.0 Å². The van der Waals surface area contributed by atoms with Crippen LogP contribution in [0, 0.1) is 17.7 Å². The summed E-state index contributed by atoms with van der Waals surface area (Å²) in [6, 6.07) is 5.11. The van der Waals surface area contributed by atoms with E-state index in [0.717, 1.165) is 5.56 Å². The van der Waals surface area contributed by atoms with Crippen LogP contribution in [0.3, 0.4) is 0 Å². The Kier molecular flexibility index (Phi) is 8.34. The molecule has 11 nitrogen and oxygen atoms in total. The fraction of sp³-hybridized carbons (Fsp3) is 0.481. The lowest BCUT2D eigenvalue weighted by atomic mass is 9.73. The number of benzene rings is 1. The summed E-state index contributed by atoms with van der Waals surface area (Å²) in [6.07, 6.45) is -1.01. The topological polar surface area (TPSA) is 144 Å². The molecule has 0 saturated carbocycles. The molecule has 2 fully saturated rings. The van der Waals surface area contributed by atoms with Crippen LogP contribution < -0.4 is 15.0 Å². The summed E-state index contributed by atoms with van der Waals surface area (Å²) in [5.41, 5.74) is 2.17. The van der Waals surface area contributed by atoms with E-state index >= 15 is 0 Å². The van der Waals surface area contributed by atoms with Gasteiger partial charge >= 0.3 is 6.09 Å². The molecule has 1 aromatic heterocycles. The number of likely N-dealkylation sites (tertiary alicyclic amines) is 1. The lowest BCUT2D eigenvalue weighted by Gasteiger charge is -2.60.